The Morgan fingerprint density at radius 3 is 2.60 bits per heavy atom. The number of nitrogens with two attached hydrogens (primary N) is 1. The summed E-state index contributed by atoms with van der Waals surface area (Å²) in [6.07, 6.45) is 0. The van der Waals surface area contributed by atoms with Crippen molar-refractivity contribution in [1.82, 2.24) is 4.98 Å². The molecule has 0 saturated carbocycles. The van der Waals surface area contributed by atoms with Crippen LogP contribution in [0.4, 0.5) is 14.6 Å². The molecule has 54 valence electrons. The number of hydrogen-bond acceptors (Lipinski definition) is 2. The molecule has 0 aromatic carbocycles. The van der Waals surface area contributed by atoms with Gasteiger partial charge in [0.25, 0.3) is 5.95 Å². The third kappa shape index (κ3) is 1.05. The number of nitrogens with zero attached hydrogens (tertiary/aromatic N) is 1. The fourth-order valence-electron chi connectivity index (χ4n) is 0.571. The molecule has 1 heterocycles. The van der Waals surface area contributed by atoms with Gasteiger partial charge in [-0.1, -0.05) is 0 Å². The summed E-state index contributed by atoms with van der Waals surface area (Å²) in [7, 11) is 0. The molecular weight excluding hydrogens is 138 g/mol. The summed E-state index contributed by atoms with van der Waals surface area (Å²) in [5.41, 5.74) is 5.62. The van der Waals surface area contributed by atoms with Crippen LogP contribution in [0, 0.1) is 18.7 Å². The van der Waals surface area contributed by atoms with E-state index in [1.807, 2.05) is 0 Å². The van der Waals surface area contributed by atoms with Gasteiger partial charge in [0.05, 0.1) is 0 Å². The van der Waals surface area contributed by atoms with Crippen molar-refractivity contribution in [3.63, 3.8) is 0 Å². The van der Waals surface area contributed by atoms with Crippen LogP contribution in [0.15, 0.2) is 6.07 Å². The van der Waals surface area contributed by atoms with Crippen molar-refractivity contribution in [2.45, 2.75) is 6.92 Å². The molecule has 0 spiro atoms. The average molecular weight is 144 g/mol. The number of hydrogen-bond donors (Lipinski definition) is 1. The van der Waals surface area contributed by atoms with E-state index in [9.17, 15) is 8.78 Å². The Morgan fingerprint density at radius 1 is 1.50 bits per heavy atom. The summed E-state index contributed by atoms with van der Waals surface area (Å²) >= 11 is 0. The molecule has 1 aromatic rings. The lowest BCUT2D eigenvalue weighted by atomic mass is 10.3. The van der Waals surface area contributed by atoms with Crippen molar-refractivity contribution in [3.8, 4) is 0 Å². The Bertz CT molecular complexity index is 210. The zero-order valence-corrected chi connectivity index (χ0v) is 5.36. The molecule has 0 saturated heterocycles. The van der Waals surface area contributed by atoms with E-state index >= 15 is 0 Å². The number of anilines is 1. The zero-order valence-electron chi connectivity index (χ0n) is 5.36. The van der Waals surface area contributed by atoms with Crippen molar-refractivity contribution in [1.29, 1.82) is 0 Å². The Kier molecular flexibility index (Phi) is 1.53. The number of rotatable bonds is 0. The second kappa shape index (κ2) is 2.21. The normalized spacial score (nSPS) is 9.90. The average Bonchev–Trinajstić information content (AvgIpc) is 1.84. The Balaban J connectivity index is 3.28. The predicted molar refractivity (Wildman–Crippen MR) is 33.3 cm³/mol. The molecule has 10 heavy (non-hydrogen) atoms. The van der Waals surface area contributed by atoms with Crippen LogP contribution in [0.2, 0.25) is 0 Å². The fraction of sp³-hybridized carbons (Fsp3) is 0.167. The van der Waals surface area contributed by atoms with Crippen molar-refractivity contribution >= 4 is 5.82 Å². The van der Waals surface area contributed by atoms with Gasteiger partial charge in [-0.2, -0.15) is 4.39 Å². The highest BCUT2D eigenvalue weighted by Gasteiger charge is 2.04. The molecular formula is C6H6F2N2. The van der Waals surface area contributed by atoms with E-state index in [2.05, 4.69) is 4.98 Å². The Morgan fingerprint density at radius 2 is 2.10 bits per heavy atom. The molecule has 0 radical (unpaired) electrons. The summed E-state index contributed by atoms with van der Waals surface area (Å²) < 4.78 is 24.5. The van der Waals surface area contributed by atoms with E-state index in [4.69, 9.17) is 5.73 Å². The van der Waals surface area contributed by atoms with Crippen LogP contribution in [0.1, 0.15) is 5.56 Å². The lowest BCUT2D eigenvalue weighted by molar-refractivity contribution is 0.480. The Labute approximate surface area is 56.7 Å². The number of aromatic nitrogens is 1. The van der Waals surface area contributed by atoms with Gasteiger partial charge in [0.2, 0.25) is 0 Å². The summed E-state index contributed by atoms with van der Waals surface area (Å²) in [4.78, 5) is 3.11. The number of halogens is 2. The molecule has 2 N–H and O–H groups in total. The van der Waals surface area contributed by atoms with Crippen molar-refractivity contribution in [2.24, 2.45) is 0 Å². The van der Waals surface area contributed by atoms with Crippen LogP contribution in [0.25, 0.3) is 0 Å². The second-order valence-electron chi connectivity index (χ2n) is 1.96. The maximum atomic E-state index is 12.3. The molecule has 0 aliphatic rings. The topological polar surface area (TPSA) is 38.9 Å². The third-order valence-electron chi connectivity index (χ3n) is 1.16. The molecule has 0 aliphatic carbocycles. The second-order valence-corrected chi connectivity index (χ2v) is 1.96. The van der Waals surface area contributed by atoms with Crippen molar-refractivity contribution < 1.29 is 8.78 Å². The number of nitrogen functional groups attached to an aromatic ring is 1. The molecule has 0 amide bonds. The first kappa shape index (κ1) is 6.92. The SMILES string of the molecule is Cc1cc(F)c(F)nc1N. The zero-order chi connectivity index (χ0) is 7.72. The number of pyridine rings is 1. The van der Waals surface area contributed by atoms with Crippen molar-refractivity contribution in [2.75, 3.05) is 5.73 Å². The van der Waals surface area contributed by atoms with E-state index in [0.29, 0.717) is 5.56 Å². The van der Waals surface area contributed by atoms with Crippen LogP contribution < -0.4 is 5.73 Å². The minimum atomic E-state index is -1.15. The van der Waals surface area contributed by atoms with Gasteiger partial charge in [-0.15, -0.1) is 0 Å². The van der Waals surface area contributed by atoms with Gasteiger partial charge in [0, 0.05) is 0 Å². The van der Waals surface area contributed by atoms with E-state index in [1.54, 1.807) is 6.92 Å². The monoisotopic (exact) mass is 144 g/mol. The molecule has 0 unspecified atom stereocenters. The molecule has 4 heteroatoms. The van der Waals surface area contributed by atoms with Crippen molar-refractivity contribution in [3.05, 3.63) is 23.4 Å². The van der Waals surface area contributed by atoms with Crippen LogP contribution in [-0.4, -0.2) is 4.98 Å². The lowest BCUT2D eigenvalue weighted by Crippen LogP contribution is -1.98. The summed E-state index contributed by atoms with van der Waals surface area (Å²) in [6, 6.07) is 1.01. The van der Waals surface area contributed by atoms with Gasteiger partial charge in [-0.25, -0.2) is 9.37 Å². The van der Waals surface area contributed by atoms with Crippen LogP contribution in [0.3, 0.4) is 0 Å². The van der Waals surface area contributed by atoms with Gasteiger partial charge in [0.1, 0.15) is 5.82 Å². The maximum absolute atomic E-state index is 12.3. The van der Waals surface area contributed by atoms with E-state index < -0.39 is 11.8 Å². The van der Waals surface area contributed by atoms with Gasteiger partial charge in [-0.05, 0) is 18.6 Å². The van der Waals surface area contributed by atoms with E-state index in [1.165, 1.54) is 0 Å². The Hall–Kier alpha value is -1.19. The highest BCUT2D eigenvalue weighted by molar-refractivity contribution is 5.37. The number of aryl methyl sites for hydroxylation is 1. The third-order valence-corrected chi connectivity index (χ3v) is 1.16. The van der Waals surface area contributed by atoms with Crippen LogP contribution >= 0.6 is 0 Å². The first-order chi connectivity index (χ1) is 4.61. The first-order valence-electron chi connectivity index (χ1n) is 2.69. The summed E-state index contributed by atoms with van der Waals surface area (Å²) in [6.45, 7) is 1.56. The minimum absolute atomic E-state index is 0.0268. The highest BCUT2D eigenvalue weighted by Crippen LogP contribution is 2.10. The quantitative estimate of drug-likeness (QED) is 0.556. The standard InChI is InChI=1S/C6H6F2N2/c1-3-2-4(7)5(8)10-6(3)9/h2H,1H3,(H2,9,10). The maximum Gasteiger partial charge on any atom is 0.250 e. The molecule has 0 fully saturated rings. The van der Waals surface area contributed by atoms with Gasteiger partial charge in [0.15, 0.2) is 5.82 Å². The predicted octanol–water partition coefficient (Wildman–Crippen LogP) is 1.25. The summed E-state index contributed by atoms with van der Waals surface area (Å²) in [5.74, 6) is -2.09. The molecule has 1 rings (SSSR count). The van der Waals surface area contributed by atoms with E-state index in [0.717, 1.165) is 6.07 Å². The summed E-state index contributed by atoms with van der Waals surface area (Å²) in [5, 5.41) is 0. The lowest BCUT2D eigenvalue weighted by Gasteiger charge is -1.97. The smallest absolute Gasteiger partial charge is 0.250 e. The highest BCUT2D eigenvalue weighted by atomic mass is 19.2. The van der Waals surface area contributed by atoms with Gasteiger partial charge < -0.3 is 5.73 Å². The molecule has 0 atom stereocenters. The van der Waals surface area contributed by atoms with Gasteiger partial charge in [-0.3, -0.25) is 0 Å². The largest absolute Gasteiger partial charge is 0.383 e. The van der Waals surface area contributed by atoms with Crippen LogP contribution in [0.5, 0.6) is 0 Å². The molecule has 0 bridgehead atoms. The fourth-order valence-corrected chi connectivity index (χ4v) is 0.571. The van der Waals surface area contributed by atoms with Gasteiger partial charge >= 0.3 is 0 Å². The van der Waals surface area contributed by atoms with Crippen LogP contribution in [-0.2, 0) is 0 Å². The minimum Gasteiger partial charge on any atom is -0.383 e. The molecule has 1 aromatic heterocycles. The molecule has 2 nitrogen and oxygen atoms in total. The first-order valence-corrected chi connectivity index (χ1v) is 2.69. The van der Waals surface area contributed by atoms with E-state index in [-0.39, 0.29) is 5.82 Å². The molecule has 0 aliphatic heterocycles.